The van der Waals surface area contributed by atoms with Gasteiger partial charge < -0.3 is 19.4 Å². The first-order valence-electron chi connectivity index (χ1n) is 21.1. The molecule has 1 aliphatic rings. The van der Waals surface area contributed by atoms with Gasteiger partial charge in [-0.25, -0.2) is 4.98 Å². The number of halogens is 3. The topological polar surface area (TPSA) is 118 Å². The standard InChI is InChI=1S/C49H39Cl2FN12O/c1-60-19-17-39(18-20-60)65-38-12-7-29(8-13-38)32-21-33(24-37(23-32)62(3)46-40-14-10-34(50)25-42(40)63-28-54-58-48(63)55-46)45-57-59-49-56-47(41-15-11-35(51)26-43(41)64(45)49)61(2)36-6-4-5-30(22-36)31-9-16-44(52)53-27-31/h4-16,21-28,39H,17-20H2,1-3H3. The van der Waals surface area contributed by atoms with Crippen LogP contribution in [0.2, 0.25) is 10.0 Å². The Bertz CT molecular complexity index is 3430. The largest absolute Gasteiger partial charge is 0.490 e. The number of anilines is 4. The number of nitrogens with zero attached hydrogens (tertiary/aromatic N) is 12. The minimum atomic E-state index is -0.531. The van der Waals surface area contributed by atoms with E-state index in [1.165, 1.54) is 12.3 Å². The molecule has 11 rings (SSSR count). The van der Waals surface area contributed by atoms with Crippen LogP contribution in [0.25, 0.3) is 67.0 Å². The van der Waals surface area contributed by atoms with Gasteiger partial charge in [0.15, 0.2) is 5.82 Å². The van der Waals surface area contributed by atoms with E-state index in [0.29, 0.717) is 39.1 Å². The van der Waals surface area contributed by atoms with E-state index < -0.39 is 5.95 Å². The lowest BCUT2D eigenvalue weighted by molar-refractivity contribution is 0.114. The van der Waals surface area contributed by atoms with E-state index in [0.717, 1.165) is 92.7 Å². The molecule has 10 aromatic rings. The van der Waals surface area contributed by atoms with Gasteiger partial charge in [0.2, 0.25) is 5.95 Å². The summed E-state index contributed by atoms with van der Waals surface area (Å²) < 4.78 is 23.9. The van der Waals surface area contributed by atoms with Crippen LogP contribution in [0, 0.1) is 5.95 Å². The van der Waals surface area contributed by atoms with Crippen LogP contribution >= 0.6 is 23.2 Å². The van der Waals surface area contributed by atoms with Gasteiger partial charge >= 0.3 is 0 Å². The third-order valence-electron chi connectivity index (χ3n) is 12.1. The maximum Gasteiger partial charge on any atom is 0.257 e. The molecule has 0 radical (unpaired) electrons. The fraction of sp³-hybridized carbons (Fsp3) is 0.163. The summed E-state index contributed by atoms with van der Waals surface area (Å²) in [5.41, 5.74) is 7.65. The van der Waals surface area contributed by atoms with Gasteiger partial charge in [0, 0.05) is 76.7 Å². The molecule has 0 unspecified atom stereocenters. The van der Waals surface area contributed by atoms with E-state index in [2.05, 4.69) is 62.6 Å². The van der Waals surface area contributed by atoms with Gasteiger partial charge in [0.25, 0.3) is 11.6 Å². The van der Waals surface area contributed by atoms with Gasteiger partial charge in [-0.05, 0) is 128 Å². The average molecular weight is 902 g/mol. The third-order valence-corrected chi connectivity index (χ3v) is 12.6. The van der Waals surface area contributed by atoms with E-state index in [1.807, 2.05) is 105 Å². The Morgan fingerprint density at radius 2 is 1.32 bits per heavy atom. The summed E-state index contributed by atoms with van der Waals surface area (Å²) >= 11 is 13.3. The van der Waals surface area contributed by atoms with Crippen molar-refractivity contribution in [1.29, 1.82) is 0 Å². The van der Waals surface area contributed by atoms with Crippen molar-refractivity contribution in [2.45, 2.75) is 18.9 Å². The van der Waals surface area contributed by atoms with E-state index >= 15 is 0 Å². The Labute approximate surface area is 382 Å². The predicted molar refractivity (Wildman–Crippen MR) is 254 cm³/mol. The van der Waals surface area contributed by atoms with Gasteiger partial charge in [-0.2, -0.15) is 14.4 Å². The molecule has 1 aliphatic heterocycles. The molecule has 5 aromatic carbocycles. The van der Waals surface area contributed by atoms with Crippen molar-refractivity contribution in [3.8, 4) is 39.4 Å². The predicted octanol–water partition coefficient (Wildman–Crippen LogP) is 10.7. The second-order valence-electron chi connectivity index (χ2n) is 16.3. The average Bonchev–Trinajstić information content (AvgIpc) is 4.00. The number of likely N-dealkylation sites (tertiary alicyclic amines) is 1. The summed E-state index contributed by atoms with van der Waals surface area (Å²) in [7, 11) is 6.08. The molecule has 0 spiro atoms. The summed E-state index contributed by atoms with van der Waals surface area (Å²) in [5, 5.41) is 20.8. The van der Waals surface area contributed by atoms with Crippen LogP contribution in [0.15, 0.2) is 128 Å². The normalized spacial score (nSPS) is 13.6. The third kappa shape index (κ3) is 7.58. The SMILES string of the molecule is CN1CCC(Oc2ccc(-c3cc(-c4nnc5nc(N(C)c6cccc(-c7ccc(F)nc7)c6)c6ccc(Cl)cc6n45)cc(N(C)c4nc5nncn5c5cc(Cl)ccc45)c3)cc2)CC1. The van der Waals surface area contributed by atoms with Crippen molar-refractivity contribution in [2.24, 2.45) is 0 Å². The molecule has 0 atom stereocenters. The highest BCUT2D eigenvalue weighted by molar-refractivity contribution is 6.31. The molecule has 0 bridgehead atoms. The zero-order valence-electron chi connectivity index (χ0n) is 35.4. The van der Waals surface area contributed by atoms with Crippen LogP contribution in [0.1, 0.15) is 12.8 Å². The van der Waals surface area contributed by atoms with Crippen LogP contribution in [0.3, 0.4) is 0 Å². The van der Waals surface area contributed by atoms with E-state index in [9.17, 15) is 4.39 Å². The number of fused-ring (bicyclic) bond motifs is 6. The number of hydrogen-bond acceptors (Lipinski definition) is 11. The molecule has 0 N–H and O–H groups in total. The highest BCUT2D eigenvalue weighted by Gasteiger charge is 2.23. The summed E-state index contributed by atoms with van der Waals surface area (Å²) in [6.45, 7) is 2.04. The van der Waals surface area contributed by atoms with Crippen molar-refractivity contribution in [1.82, 2.24) is 49.0 Å². The van der Waals surface area contributed by atoms with Gasteiger partial charge in [-0.1, -0.05) is 47.5 Å². The van der Waals surface area contributed by atoms with E-state index in [1.54, 1.807) is 12.4 Å². The minimum absolute atomic E-state index is 0.183. The van der Waals surface area contributed by atoms with Crippen LogP contribution in [-0.2, 0) is 0 Å². The number of hydrogen-bond donors (Lipinski definition) is 0. The first-order chi connectivity index (χ1) is 31.6. The molecule has 1 saturated heterocycles. The first-order valence-corrected chi connectivity index (χ1v) is 21.8. The second kappa shape index (κ2) is 16.4. The van der Waals surface area contributed by atoms with Gasteiger partial charge in [-0.15, -0.1) is 20.4 Å². The van der Waals surface area contributed by atoms with Crippen molar-refractivity contribution in [3.05, 3.63) is 144 Å². The monoisotopic (exact) mass is 900 g/mol. The Morgan fingerprint density at radius 1 is 0.646 bits per heavy atom. The van der Waals surface area contributed by atoms with Crippen LogP contribution in [0.4, 0.5) is 27.4 Å². The molecule has 0 aliphatic carbocycles. The summed E-state index contributed by atoms with van der Waals surface area (Å²) in [5.74, 6) is 3.01. The van der Waals surface area contributed by atoms with E-state index in [-0.39, 0.29) is 6.10 Å². The molecule has 0 saturated carbocycles. The minimum Gasteiger partial charge on any atom is -0.490 e. The molecular formula is C49H39Cl2FN12O. The maximum absolute atomic E-state index is 13.7. The van der Waals surface area contributed by atoms with Gasteiger partial charge in [-0.3, -0.25) is 8.80 Å². The summed E-state index contributed by atoms with van der Waals surface area (Å²) in [4.78, 5) is 20.3. The summed E-state index contributed by atoms with van der Waals surface area (Å²) in [6, 6.07) is 37.0. The number of benzene rings is 5. The number of pyridine rings is 1. The van der Waals surface area contributed by atoms with E-state index in [4.69, 9.17) is 43.0 Å². The van der Waals surface area contributed by atoms with Crippen molar-refractivity contribution < 1.29 is 9.13 Å². The zero-order chi connectivity index (χ0) is 44.3. The molecule has 322 valence electrons. The molecule has 6 heterocycles. The number of aromatic nitrogens is 9. The van der Waals surface area contributed by atoms with Crippen molar-refractivity contribution in [3.63, 3.8) is 0 Å². The first kappa shape index (κ1) is 40.5. The number of rotatable bonds is 9. The van der Waals surface area contributed by atoms with Crippen molar-refractivity contribution in [2.75, 3.05) is 44.0 Å². The lowest BCUT2D eigenvalue weighted by Gasteiger charge is -2.29. The Morgan fingerprint density at radius 3 is 2.08 bits per heavy atom. The lowest BCUT2D eigenvalue weighted by Crippen LogP contribution is -2.35. The second-order valence-corrected chi connectivity index (χ2v) is 17.2. The Hall–Kier alpha value is -7.26. The molecule has 5 aromatic heterocycles. The highest BCUT2D eigenvalue weighted by atomic mass is 35.5. The number of ether oxygens (including phenoxy) is 1. The fourth-order valence-electron chi connectivity index (χ4n) is 8.63. The van der Waals surface area contributed by atoms with Gasteiger partial charge in [0.05, 0.1) is 11.0 Å². The zero-order valence-corrected chi connectivity index (χ0v) is 37.0. The van der Waals surface area contributed by atoms with Crippen LogP contribution in [-0.4, -0.2) is 89.4 Å². The quantitative estimate of drug-likeness (QED) is 0.129. The van der Waals surface area contributed by atoms with Gasteiger partial charge in [0.1, 0.15) is 29.8 Å². The molecule has 0 amide bonds. The van der Waals surface area contributed by atoms with Crippen LogP contribution in [0.5, 0.6) is 5.75 Å². The molecule has 16 heteroatoms. The fourth-order valence-corrected chi connectivity index (χ4v) is 8.97. The molecule has 65 heavy (non-hydrogen) atoms. The maximum atomic E-state index is 13.7. The Kier molecular flexibility index (Phi) is 10.2. The molecule has 1 fully saturated rings. The number of piperidine rings is 1. The molecular weight excluding hydrogens is 863 g/mol. The molecule has 13 nitrogen and oxygen atoms in total. The highest BCUT2D eigenvalue weighted by Crippen LogP contribution is 2.39. The Balaban J connectivity index is 1.04. The van der Waals surface area contributed by atoms with Crippen LogP contribution < -0.4 is 14.5 Å². The smallest absolute Gasteiger partial charge is 0.257 e. The summed E-state index contributed by atoms with van der Waals surface area (Å²) in [6.07, 6.45) is 5.33. The van der Waals surface area contributed by atoms with Crippen molar-refractivity contribution >= 4 is 79.6 Å². The lowest BCUT2D eigenvalue weighted by atomic mass is 10.0.